The Labute approximate surface area is 233 Å². The molecule has 0 aliphatic heterocycles. The summed E-state index contributed by atoms with van der Waals surface area (Å²) in [4.78, 5) is 39.9. The van der Waals surface area contributed by atoms with Gasteiger partial charge < -0.3 is 47.4 Å². The summed E-state index contributed by atoms with van der Waals surface area (Å²) in [5, 5.41) is 9.79. The molecule has 13 heteroatoms. The van der Waals surface area contributed by atoms with E-state index in [1.807, 2.05) is 0 Å². The van der Waals surface area contributed by atoms with Crippen LogP contribution in [0.3, 0.4) is 0 Å². The predicted octanol–water partition coefficient (Wildman–Crippen LogP) is 3.24. The third-order valence-electron chi connectivity index (χ3n) is 5.99. The minimum absolute atomic E-state index is 0.0341. The lowest BCUT2D eigenvalue weighted by Gasteiger charge is -2.20. The van der Waals surface area contributed by atoms with Gasteiger partial charge in [0.1, 0.15) is 17.4 Å². The Bertz CT molecular complexity index is 1540. The van der Waals surface area contributed by atoms with Gasteiger partial charge in [-0.1, -0.05) is 6.08 Å². The maximum absolute atomic E-state index is 13.8. The van der Waals surface area contributed by atoms with Crippen LogP contribution >= 0.6 is 0 Å². The normalized spacial score (nSPS) is 12.6. The van der Waals surface area contributed by atoms with Gasteiger partial charge in [0.05, 0.1) is 10.9 Å². The highest BCUT2D eigenvalue weighted by Crippen LogP contribution is 2.39. The van der Waals surface area contributed by atoms with Crippen LogP contribution in [0, 0.1) is 0 Å². The number of carboxylic acids is 1. The fraction of sp³-hybridized carbons (Fsp3) is 0.321. The van der Waals surface area contributed by atoms with Crippen molar-refractivity contribution in [3.05, 3.63) is 63.0 Å². The average molecular weight is 573 g/mol. The van der Waals surface area contributed by atoms with Crippen molar-refractivity contribution >= 4 is 28.3 Å². The molecule has 1 aromatic heterocycles. The number of ether oxygens (including phenoxy) is 8. The van der Waals surface area contributed by atoms with Crippen LogP contribution in [0.2, 0.25) is 0 Å². The predicted molar refractivity (Wildman–Crippen MR) is 142 cm³/mol. The first kappa shape index (κ1) is 29.6. The Kier molecular flexibility index (Phi) is 9.57. The monoisotopic (exact) mass is 572 g/mol. The van der Waals surface area contributed by atoms with Crippen molar-refractivity contribution < 1.29 is 57.0 Å². The van der Waals surface area contributed by atoms with Gasteiger partial charge in [0.15, 0.2) is 56.0 Å². The number of methoxy groups -OCH3 is 4. The van der Waals surface area contributed by atoms with E-state index in [0.717, 1.165) is 6.26 Å². The lowest BCUT2D eigenvalue weighted by Crippen LogP contribution is -2.20. The number of carboxylic acid groups (broad SMARTS) is 1. The van der Waals surface area contributed by atoms with Crippen LogP contribution in [0.4, 0.5) is 0 Å². The van der Waals surface area contributed by atoms with E-state index in [-0.39, 0.29) is 78.5 Å². The number of hydrogen-bond acceptors (Lipinski definition) is 12. The van der Waals surface area contributed by atoms with E-state index in [1.54, 1.807) is 12.1 Å². The topological polar surface area (TPSA) is 158 Å². The average Bonchev–Trinajstić information content (AvgIpc) is 2.97. The van der Waals surface area contributed by atoms with Gasteiger partial charge in [0.25, 0.3) is 0 Å². The third-order valence-corrected chi connectivity index (χ3v) is 5.99. The lowest BCUT2D eigenvalue weighted by molar-refractivity contribution is 0.0310. The lowest BCUT2D eigenvalue weighted by atomic mass is 9.86. The van der Waals surface area contributed by atoms with Gasteiger partial charge in [-0.2, -0.15) is 0 Å². The van der Waals surface area contributed by atoms with Crippen LogP contribution in [-0.4, -0.2) is 72.5 Å². The molecule has 0 atom stereocenters. The Morgan fingerprint density at radius 2 is 1.39 bits per heavy atom. The van der Waals surface area contributed by atoms with Crippen LogP contribution in [0.25, 0.3) is 16.5 Å². The zero-order valence-electron chi connectivity index (χ0n) is 22.8. The number of aromatic carboxylic acids is 1. The Morgan fingerprint density at radius 3 is 2.00 bits per heavy atom. The first-order valence-electron chi connectivity index (χ1n) is 12.1. The SMILES string of the molecule is COCOc1cc2c(cc1OCOC)C(=O)C(c1coc3cc(OCOC)c(OCOC)c(C(=O)O)c3c1=O)=CC2. The fourth-order valence-electron chi connectivity index (χ4n) is 4.26. The van der Waals surface area contributed by atoms with Crippen molar-refractivity contribution in [1.82, 2.24) is 0 Å². The molecule has 0 amide bonds. The number of ketones is 1. The van der Waals surface area contributed by atoms with E-state index < -0.39 is 22.7 Å². The highest BCUT2D eigenvalue weighted by molar-refractivity contribution is 6.30. The molecule has 218 valence electrons. The van der Waals surface area contributed by atoms with Crippen LogP contribution in [0.15, 0.2) is 39.7 Å². The van der Waals surface area contributed by atoms with Crippen molar-refractivity contribution in [2.24, 2.45) is 0 Å². The molecule has 1 N–H and O–H groups in total. The molecule has 0 saturated heterocycles. The summed E-state index contributed by atoms with van der Waals surface area (Å²) in [6.45, 7) is -0.709. The number of hydrogen-bond donors (Lipinski definition) is 1. The third kappa shape index (κ3) is 6.02. The van der Waals surface area contributed by atoms with Crippen molar-refractivity contribution in [3.8, 4) is 23.0 Å². The van der Waals surface area contributed by atoms with Gasteiger partial charge in [0, 0.05) is 45.6 Å². The summed E-state index contributed by atoms with van der Waals surface area (Å²) in [5.74, 6) is -1.69. The summed E-state index contributed by atoms with van der Waals surface area (Å²) in [5.41, 5.74) is -0.551. The molecule has 0 saturated carbocycles. The summed E-state index contributed by atoms with van der Waals surface area (Å²) >= 11 is 0. The molecule has 0 unspecified atom stereocenters. The second-order valence-electron chi connectivity index (χ2n) is 8.55. The molecule has 13 nitrogen and oxygen atoms in total. The van der Waals surface area contributed by atoms with Crippen LogP contribution in [-0.2, 0) is 25.4 Å². The molecule has 4 rings (SSSR count). The van der Waals surface area contributed by atoms with Crippen molar-refractivity contribution in [1.29, 1.82) is 0 Å². The molecule has 41 heavy (non-hydrogen) atoms. The van der Waals surface area contributed by atoms with Crippen molar-refractivity contribution in [2.45, 2.75) is 6.42 Å². The van der Waals surface area contributed by atoms with Crippen LogP contribution in [0.1, 0.15) is 31.8 Å². The summed E-state index contributed by atoms with van der Waals surface area (Å²) in [6.07, 6.45) is 2.94. The second-order valence-corrected chi connectivity index (χ2v) is 8.55. The standard InChI is InChI=1S/C28H28O13/c1-33-11-38-19-7-15-5-6-16(25(29)17(15)8-20(19)39-12-34-2)18-10-37-21-9-22(40-13-35-3)27(41-14-36-4)24(28(31)32)23(21)26(18)30/h6-10H,5,11-14H2,1-4H3,(H,31,32). The van der Waals surface area contributed by atoms with E-state index in [9.17, 15) is 19.5 Å². The van der Waals surface area contributed by atoms with E-state index in [1.165, 1.54) is 40.6 Å². The van der Waals surface area contributed by atoms with E-state index in [0.29, 0.717) is 11.3 Å². The minimum atomic E-state index is -1.48. The van der Waals surface area contributed by atoms with Crippen molar-refractivity contribution in [2.75, 3.05) is 55.6 Å². The van der Waals surface area contributed by atoms with Gasteiger partial charge >= 0.3 is 5.97 Å². The first-order chi connectivity index (χ1) is 19.9. The minimum Gasteiger partial charge on any atom is -0.478 e. The molecule has 0 radical (unpaired) electrons. The smallest absolute Gasteiger partial charge is 0.340 e. The fourth-order valence-corrected chi connectivity index (χ4v) is 4.26. The molecule has 0 fully saturated rings. The molecule has 1 aliphatic carbocycles. The largest absolute Gasteiger partial charge is 0.478 e. The number of Topliss-reactive ketones (excluding diaryl/α,β-unsaturated/α-hetero) is 1. The van der Waals surface area contributed by atoms with Gasteiger partial charge in [0.2, 0.25) is 5.43 Å². The number of rotatable bonds is 14. The summed E-state index contributed by atoms with van der Waals surface area (Å²) in [7, 11) is 5.65. The number of carbonyl (C=O) groups excluding carboxylic acids is 1. The van der Waals surface area contributed by atoms with E-state index >= 15 is 0 Å². The van der Waals surface area contributed by atoms with Gasteiger partial charge in [-0.25, -0.2) is 4.79 Å². The quantitative estimate of drug-likeness (QED) is 0.281. The molecule has 3 aromatic rings. The molecule has 1 aliphatic rings. The van der Waals surface area contributed by atoms with Gasteiger partial charge in [-0.05, 0) is 24.1 Å². The molecule has 0 spiro atoms. The molecule has 1 heterocycles. The zero-order valence-corrected chi connectivity index (χ0v) is 22.8. The molecular formula is C28H28O13. The molecule has 0 bridgehead atoms. The Morgan fingerprint density at radius 1 is 0.805 bits per heavy atom. The van der Waals surface area contributed by atoms with E-state index in [4.69, 9.17) is 42.3 Å². The summed E-state index contributed by atoms with van der Waals surface area (Å²) in [6, 6.07) is 4.46. The highest BCUT2D eigenvalue weighted by Gasteiger charge is 2.30. The maximum atomic E-state index is 13.8. The number of allylic oxidation sites excluding steroid dienone is 2. The van der Waals surface area contributed by atoms with Crippen LogP contribution in [0.5, 0.6) is 23.0 Å². The first-order valence-corrected chi connectivity index (χ1v) is 12.1. The number of carbonyl (C=O) groups is 2. The number of fused-ring (bicyclic) bond motifs is 2. The highest BCUT2D eigenvalue weighted by atomic mass is 16.7. The van der Waals surface area contributed by atoms with Crippen LogP contribution < -0.4 is 24.4 Å². The Hall–Kier alpha value is -4.43. The van der Waals surface area contributed by atoms with Gasteiger partial charge in [-0.15, -0.1) is 0 Å². The Balaban J connectivity index is 1.85. The van der Waals surface area contributed by atoms with Crippen molar-refractivity contribution in [3.63, 3.8) is 0 Å². The van der Waals surface area contributed by atoms with E-state index in [2.05, 4.69) is 0 Å². The zero-order chi connectivity index (χ0) is 29.5. The summed E-state index contributed by atoms with van der Waals surface area (Å²) < 4.78 is 47.6. The molecular weight excluding hydrogens is 544 g/mol. The molecule has 2 aromatic carbocycles. The number of benzene rings is 2. The van der Waals surface area contributed by atoms with Gasteiger partial charge in [-0.3, -0.25) is 9.59 Å². The second kappa shape index (κ2) is 13.3. The maximum Gasteiger partial charge on any atom is 0.340 e.